The minimum Gasteiger partial charge on any atom is -0.443 e. The lowest BCUT2D eigenvalue weighted by Gasteiger charge is -2.40. The molecule has 1 heterocycles. The molecule has 0 aliphatic heterocycles. The smallest absolute Gasteiger partial charge is 0.222 e. The van der Waals surface area contributed by atoms with Crippen LogP contribution in [-0.4, -0.2) is 13.3 Å². The summed E-state index contributed by atoms with van der Waals surface area (Å²) in [6.45, 7) is 13.4. The van der Waals surface area contributed by atoms with Gasteiger partial charge in [0.05, 0.1) is 6.20 Å². The highest BCUT2D eigenvalue weighted by Crippen LogP contribution is 2.44. The average molecular weight is 344 g/mol. The van der Waals surface area contributed by atoms with Crippen LogP contribution >= 0.6 is 0 Å². The van der Waals surface area contributed by atoms with Gasteiger partial charge in [0.2, 0.25) is 5.89 Å². The first-order valence-corrected chi connectivity index (χ1v) is 11.7. The molecular formula is C20H29NO2Si. The minimum atomic E-state index is -1.91. The Morgan fingerprint density at radius 1 is 1.17 bits per heavy atom. The molecule has 3 rings (SSSR count). The first-order chi connectivity index (χ1) is 11.2. The van der Waals surface area contributed by atoms with Crippen LogP contribution < -0.4 is 0 Å². The third-order valence-corrected chi connectivity index (χ3v) is 10.1. The number of rotatable bonds is 4. The van der Waals surface area contributed by atoms with Gasteiger partial charge in [-0.15, -0.1) is 0 Å². The Bertz CT molecular complexity index is 689. The van der Waals surface area contributed by atoms with E-state index in [9.17, 15) is 0 Å². The summed E-state index contributed by atoms with van der Waals surface area (Å²) < 4.78 is 12.7. The lowest BCUT2D eigenvalue weighted by Crippen LogP contribution is -2.43. The van der Waals surface area contributed by atoms with Gasteiger partial charge in [-0.1, -0.05) is 45.0 Å². The number of hydrogen-bond acceptors (Lipinski definition) is 3. The van der Waals surface area contributed by atoms with E-state index in [0.29, 0.717) is 5.92 Å². The van der Waals surface area contributed by atoms with Gasteiger partial charge in [0.25, 0.3) is 0 Å². The number of hydrogen-bond donors (Lipinski definition) is 0. The SMILES string of the molecule is Cc1cnc(C(O[Si](C)(C)C(C)(C)C)C2Cc3ccccc3C2)o1. The Labute approximate surface area is 146 Å². The van der Waals surface area contributed by atoms with E-state index in [1.54, 1.807) is 6.20 Å². The lowest BCUT2D eigenvalue weighted by atomic mass is 9.99. The standard InChI is InChI=1S/C20H29NO2Si/c1-14-13-21-19(22-14)18(23-24(5,6)20(2,3)4)17-11-15-9-7-8-10-16(15)12-17/h7-10,13,17-18H,11-12H2,1-6H3. The molecule has 0 amide bonds. The molecule has 1 unspecified atom stereocenters. The van der Waals surface area contributed by atoms with E-state index in [-0.39, 0.29) is 11.1 Å². The first kappa shape index (κ1) is 17.4. The highest BCUT2D eigenvalue weighted by Gasteiger charge is 2.43. The zero-order valence-corrected chi connectivity index (χ0v) is 16.7. The molecule has 0 fully saturated rings. The second-order valence-electron chi connectivity index (χ2n) is 8.54. The van der Waals surface area contributed by atoms with Gasteiger partial charge in [-0.05, 0) is 49.0 Å². The second kappa shape index (κ2) is 6.16. The van der Waals surface area contributed by atoms with Crippen LogP contribution in [0.4, 0.5) is 0 Å². The van der Waals surface area contributed by atoms with E-state index in [1.165, 1.54) is 11.1 Å². The van der Waals surface area contributed by atoms with Gasteiger partial charge in [0, 0.05) is 5.92 Å². The summed E-state index contributed by atoms with van der Waals surface area (Å²) in [5.74, 6) is 1.99. The molecule has 0 saturated carbocycles. The van der Waals surface area contributed by atoms with Crippen molar-refractivity contribution in [3.63, 3.8) is 0 Å². The molecule has 1 aliphatic carbocycles. The van der Waals surface area contributed by atoms with Gasteiger partial charge in [0.15, 0.2) is 8.32 Å². The van der Waals surface area contributed by atoms with Crippen LogP contribution in [0.2, 0.25) is 18.1 Å². The van der Waals surface area contributed by atoms with Gasteiger partial charge in [0.1, 0.15) is 11.9 Å². The van der Waals surface area contributed by atoms with Crippen molar-refractivity contribution < 1.29 is 8.84 Å². The van der Waals surface area contributed by atoms with Crippen LogP contribution in [0.15, 0.2) is 34.9 Å². The van der Waals surface area contributed by atoms with Crippen LogP contribution in [0.25, 0.3) is 0 Å². The topological polar surface area (TPSA) is 35.3 Å². The summed E-state index contributed by atoms with van der Waals surface area (Å²) in [4.78, 5) is 4.52. The fourth-order valence-electron chi connectivity index (χ4n) is 3.15. The van der Waals surface area contributed by atoms with E-state index in [2.05, 4.69) is 63.1 Å². The molecule has 0 radical (unpaired) electrons. The van der Waals surface area contributed by atoms with E-state index in [0.717, 1.165) is 24.5 Å². The molecule has 2 aromatic rings. The van der Waals surface area contributed by atoms with Crippen molar-refractivity contribution in [1.29, 1.82) is 0 Å². The molecule has 1 aliphatic rings. The molecule has 0 saturated heterocycles. The molecule has 4 heteroatoms. The van der Waals surface area contributed by atoms with Crippen molar-refractivity contribution in [3.8, 4) is 0 Å². The molecule has 0 N–H and O–H groups in total. The molecular weight excluding hydrogens is 314 g/mol. The van der Waals surface area contributed by atoms with Gasteiger partial charge in [-0.25, -0.2) is 4.98 Å². The van der Waals surface area contributed by atoms with E-state index in [1.807, 2.05) is 6.92 Å². The third kappa shape index (κ3) is 3.35. The Morgan fingerprint density at radius 3 is 2.21 bits per heavy atom. The maximum absolute atomic E-state index is 6.80. The Hall–Kier alpha value is -1.39. The molecule has 130 valence electrons. The summed E-state index contributed by atoms with van der Waals surface area (Å²) >= 11 is 0. The van der Waals surface area contributed by atoms with Crippen molar-refractivity contribution in [2.24, 2.45) is 5.92 Å². The minimum absolute atomic E-state index is 0.0630. The largest absolute Gasteiger partial charge is 0.443 e. The highest BCUT2D eigenvalue weighted by molar-refractivity contribution is 6.74. The number of aromatic nitrogens is 1. The molecule has 1 aromatic heterocycles. The summed E-state index contributed by atoms with van der Waals surface area (Å²) in [5.41, 5.74) is 2.88. The summed E-state index contributed by atoms with van der Waals surface area (Å²) in [7, 11) is -1.91. The molecule has 3 nitrogen and oxygen atoms in total. The molecule has 1 atom stereocenters. The van der Waals surface area contributed by atoms with Gasteiger partial charge in [-0.2, -0.15) is 0 Å². The zero-order valence-electron chi connectivity index (χ0n) is 15.7. The van der Waals surface area contributed by atoms with Crippen LogP contribution in [0.5, 0.6) is 0 Å². The number of fused-ring (bicyclic) bond motifs is 1. The normalized spacial score (nSPS) is 17.1. The maximum atomic E-state index is 6.80. The fourth-order valence-corrected chi connectivity index (χ4v) is 4.43. The summed E-state index contributed by atoms with van der Waals surface area (Å²) in [6.07, 6.45) is 3.82. The predicted octanol–water partition coefficient (Wildman–Crippen LogP) is 5.46. The average Bonchev–Trinajstić information content (AvgIpc) is 3.09. The van der Waals surface area contributed by atoms with Crippen molar-refractivity contribution in [3.05, 3.63) is 53.2 Å². The van der Waals surface area contributed by atoms with Crippen LogP contribution in [-0.2, 0) is 17.3 Å². The van der Waals surface area contributed by atoms with Crippen molar-refractivity contribution in [1.82, 2.24) is 4.98 Å². The second-order valence-corrected chi connectivity index (χ2v) is 13.3. The van der Waals surface area contributed by atoms with Crippen molar-refractivity contribution in [2.75, 3.05) is 0 Å². The predicted molar refractivity (Wildman–Crippen MR) is 99.6 cm³/mol. The quantitative estimate of drug-likeness (QED) is 0.691. The van der Waals surface area contributed by atoms with Crippen molar-refractivity contribution in [2.45, 2.75) is 64.8 Å². The number of oxazole rings is 1. The first-order valence-electron chi connectivity index (χ1n) is 8.84. The van der Waals surface area contributed by atoms with Gasteiger partial charge >= 0.3 is 0 Å². The highest BCUT2D eigenvalue weighted by atomic mass is 28.4. The Morgan fingerprint density at radius 2 is 1.75 bits per heavy atom. The Balaban J connectivity index is 1.90. The van der Waals surface area contributed by atoms with E-state index in [4.69, 9.17) is 8.84 Å². The fraction of sp³-hybridized carbons (Fsp3) is 0.550. The van der Waals surface area contributed by atoms with Crippen LogP contribution in [0.3, 0.4) is 0 Å². The number of nitrogens with zero attached hydrogens (tertiary/aromatic N) is 1. The Kier molecular flexibility index (Phi) is 4.47. The molecule has 0 spiro atoms. The molecule has 0 bridgehead atoms. The van der Waals surface area contributed by atoms with Crippen molar-refractivity contribution >= 4 is 8.32 Å². The summed E-state index contributed by atoms with van der Waals surface area (Å²) in [5, 5.41) is 0.165. The van der Waals surface area contributed by atoms with Crippen LogP contribution in [0, 0.1) is 12.8 Å². The number of aryl methyl sites for hydroxylation is 1. The monoisotopic (exact) mass is 343 g/mol. The molecule has 1 aromatic carbocycles. The third-order valence-electron chi connectivity index (χ3n) is 5.62. The zero-order chi connectivity index (χ0) is 17.5. The van der Waals surface area contributed by atoms with E-state index < -0.39 is 8.32 Å². The maximum Gasteiger partial charge on any atom is 0.222 e. The lowest BCUT2D eigenvalue weighted by molar-refractivity contribution is 0.0935. The van der Waals surface area contributed by atoms with Crippen LogP contribution in [0.1, 0.15) is 49.7 Å². The van der Waals surface area contributed by atoms with Gasteiger partial charge in [-0.3, -0.25) is 0 Å². The molecule has 24 heavy (non-hydrogen) atoms. The van der Waals surface area contributed by atoms with E-state index >= 15 is 0 Å². The van der Waals surface area contributed by atoms with Gasteiger partial charge < -0.3 is 8.84 Å². The number of benzene rings is 1. The summed E-state index contributed by atoms with van der Waals surface area (Å²) in [6, 6.07) is 8.72.